The third-order valence-corrected chi connectivity index (χ3v) is 3.48. The molecule has 2 aliphatic heterocycles. The van der Waals surface area contributed by atoms with Gasteiger partial charge in [-0.3, -0.25) is 4.79 Å². The first-order chi connectivity index (χ1) is 7.20. The SMILES string of the molecule is CC1OCCC1C(=O)N1CCNC[C@@H]1C. The fraction of sp³-hybridized carbons (Fsp3) is 0.909. The molecule has 1 amide bonds. The predicted octanol–water partition coefficient (Wildman–Crippen LogP) is 0.232. The molecule has 0 aromatic rings. The monoisotopic (exact) mass is 212 g/mol. The average Bonchev–Trinajstić information content (AvgIpc) is 2.64. The molecule has 4 heteroatoms. The molecule has 4 nitrogen and oxygen atoms in total. The summed E-state index contributed by atoms with van der Waals surface area (Å²) in [5.74, 6) is 0.375. The molecule has 0 spiro atoms. The minimum atomic E-state index is 0.0885. The molecule has 15 heavy (non-hydrogen) atoms. The van der Waals surface area contributed by atoms with E-state index in [4.69, 9.17) is 4.74 Å². The second kappa shape index (κ2) is 4.49. The van der Waals surface area contributed by atoms with Crippen molar-refractivity contribution < 1.29 is 9.53 Å². The van der Waals surface area contributed by atoms with Crippen molar-refractivity contribution >= 4 is 5.91 Å². The van der Waals surface area contributed by atoms with E-state index >= 15 is 0 Å². The summed E-state index contributed by atoms with van der Waals surface area (Å²) in [4.78, 5) is 14.2. The highest BCUT2D eigenvalue weighted by molar-refractivity contribution is 5.80. The summed E-state index contributed by atoms with van der Waals surface area (Å²) in [7, 11) is 0. The van der Waals surface area contributed by atoms with E-state index in [1.54, 1.807) is 0 Å². The van der Waals surface area contributed by atoms with E-state index < -0.39 is 0 Å². The molecule has 0 bridgehead atoms. The predicted molar refractivity (Wildman–Crippen MR) is 57.6 cm³/mol. The van der Waals surface area contributed by atoms with Crippen LogP contribution in [0.25, 0.3) is 0 Å². The highest BCUT2D eigenvalue weighted by atomic mass is 16.5. The number of rotatable bonds is 1. The van der Waals surface area contributed by atoms with Crippen LogP contribution in [0.15, 0.2) is 0 Å². The minimum absolute atomic E-state index is 0.0885. The maximum Gasteiger partial charge on any atom is 0.228 e. The van der Waals surface area contributed by atoms with Gasteiger partial charge in [-0.25, -0.2) is 0 Å². The Balaban J connectivity index is 1.99. The number of nitrogens with one attached hydrogen (secondary N) is 1. The summed E-state index contributed by atoms with van der Waals surface area (Å²) >= 11 is 0. The van der Waals surface area contributed by atoms with Crippen molar-refractivity contribution in [3.05, 3.63) is 0 Å². The Hall–Kier alpha value is -0.610. The lowest BCUT2D eigenvalue weighted by Gasteiger charge is -2.36. The van der Waals surface area contributed by atoms with Gasteiger partial charge < -0.3 is 15.0 Å². The Bertz CT molecular complexity index is 245. The standard InChI is InChI=1S/C11H20N2O2/c1-8-7-12-4-5-13(8)11(14)10-3-6-15-9(10)2/h8-10,12H,3-7H2,1-2H3/t8-,9?,10?/m0/s1. The fourth-order valence-electron chi connectivity index (χ4n) is 2.44. The smallest absolute Gasteiger partial charge is 0.228 e. The summed E-state index contributed by atoms with van der Waals surface area (Å²) in [6, 6.07) is 0.319. The van der Waals surface area contributed by atoms with Gasteiger partial charge in [0.1, 0.15) is 0 Å². The largest absolute Gasteiger partial charge is 0.378 e. The molecule has 0 radical (unpaired) electrons. The van der Waals surface area contributed by atoms with Crippen LogP contribution in [-0.4, -0.2) is 49.2 Å². The van der Waals surface area contributed by atoms with Gasteiger partial charge in [0.05, 0.1) is 12.0 Å². The number of ether oxygens (including phenoxy) is 1. The molecule has 2 fully saturated rings. The first-order valence-corrected chi connectivity index (χ1v) is 5.83. The van der Waals surface area contributed by atoms with Crippen LogP contribution in [0.2, 0.25) is 0 Å². The van der Waals surface area contributed by atoms with Crippen molar-refractivity contribution in [3.63, 3.8) is 0 Å². The van der Waals surface area contributed by atoms with Gasteiger partial charge in [0.25, 0.3) is 0 Å². The van der Waals surface area contributed by atoms with Crippen molar-refractivity contribution in [2.75, 3.05) is 26.2 Å². The number of hydrogen-bond donors (Lipinski definition) is 1. The van der Waals surface area contributed by atoms with Crippen molar-refractivity contribution in [3.8, 4) is 0 Å². The zero-order valence-electron chi connectivity index (χ0n) is 9.53. The molecule has 0 aliphatic carbocycles. The van der Waals surface area contributed by atoms with Crippen LogP contribution in [0.1, 0.15) is 20.3 Å². The molecular formula is C11H20N2O2. The summed E-state index contributed by atoms with van der Waals surface area (Å²) in [5, 5.41) is 3.30. The van der Waals surface area contributed by atoms with Gasteiger partial charge in [0.15, 0.2) is 0 Å². The first kappa shape index (κ1) is 10.9. The van der Waals surface area contributed by atoms with Crippen LogP contribution in [0.5, 0.6) is 0 Å². The van der Waals surface area contributed by atoms with Crippen LogP contribution in [-0.2, 0) is 9.53 Å². The Morgan fingerprint density at radius 2 is 2.27 bits per heavy atom. The summed E-state index contributed by atoms with van der Waals surface area (Å²) in [5.41, 5.74) is 0. The van der Waals surface area contributed by atoms with E-state index in [2.05, 4.69) is 12.2 Å². The van der Waals surface area contributed by atoms with Crippen LogP contribution in [0, 0.1) is 5.92 Å². The van der Waals surface area contributed by atoms with Gasteiger partial charge in [-0.2, -0.15) is 0 Å². The molecule has 2 saturated heterocycles. The third kappa shape index (κ3) is 2.16. The van der Waals surface area contributed by atoms with Gasteiger partial charge in [0, 0.05) is 32.3 Å². The molecule has 86 valence electrons. The lowest BCUT2D eigenvalue weighted by atomic mass is 9.99. The van der Waals surface area contributed by atoms with E-state index in [9.17, 15) is 4.79 Å². The molecular weight excluding hydrogens is 192 g/mol. The van der Waals surface area contributed by atoms with Gasteiger partial charge in [-0.15, -0.1) is 0 Å². The quantitative estimate of drug-likeness (QED) is 0.676. The maximum absolute atomic E-state index is 12.2. The topological polar surface area (TPSA) is 41.6 Å². The van der Waals surface area contributed by atoms with E-state index in [0.29, 0.717) is 6.04 Å². The van der Waals surface area contributed by atoms with Gasteiger partial charge in [-0.1, -0.05) is 0 Å². The van der Waals surface area contributed by atoms with Gasteiger partial charge in [-0.05, 0) is 20.3 Å². The number of carbonyl (C=O) groups excluding carboxylic acids is 1. The molecule has 2 heterocycles. The average molecular weight is 212 g/mol. The Morgan fingerprint density at radius 3 is 2.87 bits per heavy atom. The zero-order valence-corrected chi connectivity index (χ0v) is 9.53. The van der Waals surface area contributed by atoms with Crippen molar-refractivity contribution in [1.82, 2.24) is 10.2 Å². The van der Waals surface area contributed by atoms with Gasteiger partial charge in [0.2, 0.25) is 5.91 Å². The van der Waals surface area contributed by atoms with Crippen LogP contribution >= 0.6 is 0 Å². The molecule has 2 rings (SSSR count). The molecule has 0 saturated carbocycles. The lowest BCUT2D eigenvalue weighted by molar-refractivity contribution is -0.139. The normalized spacial score (nSPS) is 36.9. The van der Waals surface area contributed by atoms with E-state index in [1.165, 1.54) is 0 Å². The molecule has 2 aliphatic rings. The second-order valence-corrected chi connectivity index (χ2v) is 4.56. The van der Waals surface area contributed by atoms with Crippen molar-refractivity contribution in [1.29, 1.82) is 0 Å². The van der Waals surface area contributed by atoms with Crippen LogP contribution in [0.3, 0.4) is 0 Å². The number of amides is 1. The van der Waals surface area contributed by atoms with E-state index in [0.717, 1.165) is 32.7 Å². The number of carbonyl (C=O) groups is 1. The van der Waals surface area contributed by atoms with E-state index in [-0.39, 0.29) is 17.9 Å². The van der Waals surface area contributed by atoms with Crippen molar-refractivity contribution in [2.24, 2.45) is 5.92 Å². The highest BCUT2D eigenvalue weighted by Gasteiger charge is 2.35. The minimum Gasteiger partial charge on any atom is -0.378 e. The number of piperazine rings is 1. The highest BCUT2D eigenvalue weighted by Crippen LogP contribution is 2.23. The number of hydrogen-bond acceptors (Lipinski definition) is 3. The van der Waals surface area contributed by atoms with Crippen LogP contribution < -0.4 is 5.32 Å². The van der Waals surface area contributed by atoms with E-state index in [1.807, 2.05) is 11.8 Å². The van der Waals surface area contributed by atoms with Gasteiger partial charge >= 0.3 is 0 Å². The van der Waals surface area contributed by atoms with Crippen LogP contribution in [0.4, 0.5) is 0 Å². The first-order valence-electron chi connectivity index (χ1n) is 5.83. The molecule has 2 unspecified atom stereocenters. The molecule has 1 N–H and O–H groups in total. The summed E-state index contributed by atoms with van der Waals surface area (Å²) < 4.78 is 5.45. The second-order valence-electron chi connectivity index (χ2n) is 4.56. The third-order valence-electron chi connectivity index (χ3n) is 3.48. The molecule has 0 aromatic carbocycles. The Morgan fingerprint density at radius 1 is 1.47 bits per heavy atom. The number of nitrogens with zero attached hydrogens (tertiary/aromatic N) is 1. The van der Waals surface area contributed by atoms with Crippen molar-refractivity contribution in [2.45, 2.75) is 32.4 Å². The summed E-state index contributed by atoms with van der Waals surface area (Å²) in [6.07, 6.45) is 0.982. The molecule has 3 atom stereocenters. The summed E-state index contributed by atoms with van der Waals surface area (Å²) in [6.45, 7) is 7.50. The Labute approximate surface area is 91.0 Å². The fourth-order valence-corrected chi connectivity index (χ4v) is 2.44. The Kier molecular flexibility index (Phi) is 3.26. The lowest BCUT2D eigenvalue weighted by Crippen LogP contribution is -2.54. The zero-order chi connectivity index (χ0) is 10.8. The maximum atomic E-state index is 12.2. The molecule has 0 aromatic heterocycles.